The lowest BCUT2D eigenvalue weighted by Gasteiger charge is -1.98. The van der Waals surface area contributed by atoms with E-state index >= 15 is 0 Å². The highest BCUT2D eigenvalue weighted by molar-refractivity contribution is 6.64. The van der Waals surface area contributed by atoms with E-state index in [0.717, 1.165) is 0 Å². The van der Waals surface area contributed by atoms with Gasteiger partial charge >= 0.3 is 18.4 Å². The summed E-state index contributed by atoms with van der Waals surface area (Å²) in [5.74, 6) is 0. The van der Waals surface area contributed by atoms with Crippen LogP contribution in [-0.4, -0.2) is 39.4 Å². The molecule has 6 nitrogen and oxygen atoms in total. The average Bonchev–Trinajstić information content (AvgIpc) is 2.13. The molecule has 0 spiro atoms. The molecule has 0 rings (SSSR count). The van der Waals surface area contributed by atoms with E-state index in [1.54, 1.807) is 0 Å². The quantitative estimate of drug-likeness (QED) is 0.373. The Morgan fingerprint density at radius 2 is 1.33 bits per heavy atom. The maximum Gasteiger partial charge on any atom is 0.426 e. The van der Waals surface area contributed by atoms with Crippen molar-refractivity contribution in [1.29, 1.82) is 10.5 Å². The maximum absolute atomic E-state index is 8.44. The minimum absolute atomic E-state index is 0.481. The first-order chi connectivity index (χ1) is 5.78. The van der Waals surface area contributed by atoms with Gasteiger partial charge in [0.05, 0.1) is 11.4 Å². The molecule has 0 aliphatic carbocycles. The fraction of sp³-hybridized carbons (Fsp3) is 0. The topological polar surface area (TPSA) is 90.8 Å². The predicted octanol–water partition coefficient (Wildman–Crippen LogP) is -3.40. The van der Waals surface area contributed by atoms with Crippen LogP contribution in [0.25, 0.3) is 0 Å². The second-order valence-corrected chi connectivity index (χ2v) is 7.82. The Morgan fingerprint density at radius 1 is 1.00 bits per heavy atom. The second kappa shape index (κ2) is 7.04. The van der Waals surface area contributed by atoms with Gasteiger partial charge < -0.3 is 8.23 Å². The molecule has 2 atom stereocenters. The summed E-state index contributed by atoms with van der Waals surface area (Å²) < 4.78 is 17.0. The normalized spacial score (nSPS) is 15.5. The molecule has 0 heterocycles. The van der Waals surface area contributed by atoms with Crippen molar-refractivity contribution in [3.05, 3.63) is 0 Å². The molecule has 0 aromatic carbocycles. The zero-order valence-corrected chi connectivity index (χ0v) is 13.1. The van der Waals surface area contributed by atoms with E-state index < -0.39 is 18.4 Å². The van der Waals surface area contributed by atoms with Gasteiger partial charge in [-0.15, -0.1) is 0 Å². The van der Waals surface area contributed by atoms with Gasteiger partial charge in [-0.25, -0.2) is 10.5 Å². The lowest BCUT2D eigenvalue weighted by Crippen LogP contribution is -2.15. The monoisotopic (exact) mass is 232 g/mol. The largest absolute Gasteiger partial charge is 0.440 e. The lowest BCUT2D eigenvalue weighted by atomic mass is 11.8. The second-order valence-electron chi connectivity index (χ2n) is 1.67. The summed E-state index contributed by atoms with van der Waals surface area (Å²) in [7, 11) is -3.30. The van der Waals surface area contributed by atoms with Crippen LogP contribution in [0.15, 0.2) is 9.56 Å². The average molecular weight is 232 g/mol. The van der Waals surface area contributed by atoms with E-state index in [4.69, 9.17) is 18.8 Å². The third kappa shape index (κ3) is 4.29. The fourth-order valence-corrected chi connectivity index (χ4v) is 3.04. The summed E-state index contributed by atoms with van der Waals surface area (Å²) in [6.45, 7) is 0. The summed E-state index contributed by atoms with van der Waals surface area (Å²) in [6.07, 6.45) is 0. The summed E-state index contributed by atoms with van der Waals surface area (Å²) in [6, 6.07) is 0. The molecule has 12 heavy (non-hydrogen) atoms. The third-order valence-electron chi connectivity index (χ3n) is 0.944. The lowest BCUT2D eigenvalue weighted by molar-refractivity contribution is 0.631. The minimum atomic E-state index is -2.13. The number of nitriles is 2. The van der Waals surface area contributed by atoms with Crippen molar-refractivity contribution in [2.75, 3.05) is 0 Å². The fourth-order valence-electron chi connectivity index (χ4n) is 0.372. The molecule has 0 radical (unpaired) electrons. The Balaban J connectivity index is 4.05. The molecule has 0 saturated heterocycles. The van der Waals surface area contributed by atoms with Gasteiger partial charge in [0.1, 0.15) is 21.0 Å². The van der Waals surface area contributed by atoms with Gasteiger partial charge in [-0.2, -0.15) is 9.56 Å². The Labute approximate surface area is 79.5 Å². The first kappa shape index (κ1) is 11.4. The number of nitrogens with zero attached hydrogens (tertiary/aromatic N) is 4. The SMILES string of the molecule is N#C[SiH](N=N[SiH](C#N)O[SiH3])O[SiH3]. The number of rotatable bonds is 4. The van der Waals surface area contributed by atoms with Crippen LogP contribution in [-0.2, 0) is 8.23 Å². The molecule has 0 aromatic heterocycles. The Morgan fingerprint density at radius 3 is 1.50 bits per heavy atom. The highest BCUT2D eigenvalue weighted by Crippen LogP contribution is 1.89. The first-order valence-corrected chi connectivity index (χ1v) is 7.79. The van der Waals surface area contributed by atoms with Crippen molar-refractivity contribution in [3.63, 3.8) is 0 Å². The van der Waals surface area contributed by atoms with Gasteiger partial charge in [0.25, 0.3) is 0 Å². The van der Waals surface area contributed by atoms with E-state index in [1.807, 2.05) is 11.4 Å². The Kier molecular flexibility index (Phi) is 6.67. The maximum atomic E-state index is 8.44. The Bertz CT molecular complexity index is 208. The summed E-state index contributed by atoms with van der Waals surface area (Å²) in [5, 5.41) is 16.9. The van der Waals surface area contributed by atoms with Gasteiger partial charge in [0.2, 0.25) is 0 Å². The van der Waals surface area contributed by atoms with Crippen LogP contribution >= 0.6 is 0 Å². The predicted molar refractivity (Wildman–Crippen MR) is 52.4 cm³/mol. The van der Waals surface area contributed by atoms with E-state index in [2.05, 4.69) is 9.56 Å². The van der Waals surface area contributed by atoms with E-state index in [0.29, 0.717) is 21.0 Å². The molecule has 0 aliphatic heterocycles. The van der Waals surface area contributed by atoms with Gasteiger partial charge in [-0.1, -0.05) is 0 Å². The molecule has 0 aliphatic rings. The molecule has 0 N–H and O–H groups in total. The van der Waals surface area contributed by atoms with Crippen LogP contribution < -0.4 is 0 Å². The highest BCUT2D eigenvalue weighted by atomic mass is 28.3. The molecule has 0 saturated carbocycles. The van der Waals surface area contributed by atoms with Gasteiger partial charge in [-0.05, 0) is 0 Å². The van der Waals surface area contributed by atoms with E-state index in [1.165, 1.54) is 0 Å². The summed E-state index contributed by atoms with van der Waals surface area (Å²) in [4.78, 5) is 0. The van der Waals surface area contributed by atoms with E-state index in [9.17, 15) is 0 Å². The smallest absolute Gasteiger partial charge is 0.426 e. The molecular formula is C2H8N4O2Si4. The Hall–Kier alpha value is -0.632. The molecule has 0 fully saturated rings. The van der Waals surface area contributed by atoms with Gasteiger partial charge in [0, 0.05) is 0 Å². The van der Waals surface area contributed by atoms with Gasteiger partial charge in [-0.3, -0.25) is 0 Å². The van der Waals surface area contributed by atoms with Gasteiger partial charge in [0.15, 0.2) is 0 Å². The van der Waals surface area contributed by atoms with Crippen molar-refractivity contribution < 1.29 is 8.23 Å². The summed E-state index contributed by atoms with van der Waals surface area (Å²) >= 11 is 0. The van der Waals surface area contributed by atoms with Crippen LogP contribution in [0.3, 0.4) is 0 Å². The molecule has 0 aromatic rings. The molecule has 2 unspecified atom stereocenters. The minimum Gasteiger partial charge on any atom is -0.440 e. The number of hydrogen-bond acceptors (Lipinski definition) is 6. The van der Waals surface area contributed by atoms with Crippen LogP contribution in [0.1, 0.15) is 0 Å². The standard InChI is InChI=1S/C2H8N4O2Si4/c3-1-11(7-9)5-6-12(2-4)8-10/h11-12H,9-10H3. The van der Waals surface area contributed by atoms with E-state index in [-0.39, 0.29) is 0 Å². The zero-order valence-electron chi connectivity index (χ0n) is 6.76. The molecule has 10 heteroatoms. The van der Waals surface area contributed by atoms with Crippen molar-refractivity contribution in [3.8, 4) is 11.4 Å². The zero-order chi connectivity index (χ0) is 9.40. The van der Waals surface area contributed by atoms with Crippen molar-refractivity contribution >= 4 is 39.4 Å². The molecule has 0 amide bonds. The number of hydrogen-bond donors (Lipinski definition) is 0. The highest BCUT2D eigenvalue weighted by Gasteiger charge is 2.10. The van der Waals surface area contributed by atoms with Crippen molar-refractivity contribution in [2.45, 2.75) is 0 Å². The molecular weight excluding hydrogens is 224 g/mol. The molecule has 0 bridgehead atoms. The van der Waals surface area contributed by atoms with Crippen LogP contribution in [0, 0.1) is 21.9 Å². The van der Waals surface area contributed by atoms with Crippen molar-refractivity contribution in [2.24, 2.45) is 9.56 Å². The molecule has 64 valence electrons. The first-order valence-electron chi connectivity index (χ1n) is 3.03. The van der Waals surface area contributed by atoms with Crippen molar-refractivity contribution in [1.82, 2.24) is 0 Å². The van der Waals surface area contributed by atoms with Crippen LogP contribution in [0.2, 0.25) is 0 Å². The summed E-state index contributed by atoms with van der Waals surface area (Å²) in [5.41, 5.74) is 3.83. The van der Waals surface area contributed by atoms with Crippen LogP contribution in [0.4, 0.5) is 0 Å². The van der Waals surface area contributed by atoms with Crippen LogP contribution in [0.5, 0.6) is 0 Å². The third-order valence-corrected chi connectivity index (χ3v) is 5.91.